The first-order chi connectivity index (χ1) is 14.6. The number of carbonyl (C=O) groups excluding carboxylic acids is 2. The Morgan fingerprint density at radius 2 is 1.67 bits per heavy atom. The van der Waals surface area contributed by atoms with Gasteiger partial charge in [-0.05, 0) is 41.3 Å². The van der Waals surface area contributed by atoms with E-state index in [0.29, 0.717) is 18.7 Å². The van der Waals surface area contributed by atoms with Gasteiger partial charge in [-0.3, -0.25) is 9.59 Å². The summed E-state index contributed by atoms with van der Waals surface area (Å²) in [6.45, 7) is 0.960. The van der Waals surface area contributed by atoms with E-state index in [9.17, 15) is 14.0 Å². The second kappa shape index (κ2) is 8.91. The lowest BCUT2D eigenvalue weighted by molar-refractivity contribution is -0.122. The van der Waals surface area contributed by atoms with E-state index in [1.165, 1.54) is 12.1 Å². The van der Waals surface area contributed by atoms with Crippen LogP contribution in [0.5, 0.6) is 0 Å². The maximum Gasteiger partial charge on any atom is 0.255 e. The third-order valence-corrected chi connectivity index (χ3v) is 5.44. The molecule has 1 aliphatic rings. The van der Waals surface area contributed by atoms with Crippen molar-refractivity contribution in [2.24, 2.45) is 0 Å². The smallest absolute Gasteiger partial charge is 0.255 e. The molecule has 3 aromatic rings. The predicted molar refractivity (Wildman–Crippen MR) is 113 cm³/mol. The van der Waals surface area contributed by atoms with E-state index in [1.54, 1.807) is 23.1 Å². The molecule has 0 fully saturated rings. The van der Waals surface area contributed by atoms with Crippen LogP contribution in [-0.2, 0) is 17.8 Å². The number of carbonyl (C=O) groups is 2. The average Bonchev–Trinajstić information content (AvgIpc) is 3.10. The fourth-order valence-corrected chi connectivity index (χ4v) is 3.86. The molecule has 1 heterocycles. The Bertz CT molecular complexity index is 1030. The normalized spacial score (nSPS) is 13.8. The number of hydrogen-bond donors (Lipinski definition) is 1. The van der Waals surface area contributed by atoms with Gasteiger partial charge in [-0.25, -0.2) is 4.39 Å². The van der Waals surface area contributed by atoms with E-state index in [4.69, 9.17) is 0 Å². The van der Waals surface area contributed by atoms with E-state index in [1.807, 2.05) is 48.5 Å². The number of nitrogens with one attached hydrogen (secondary N) is 1. The lowest BCUT2D eigenvalue weighted by atomic mass is 10.0. The van der Waals surface area contributed by atoms with Gasteiger partial charge in [-0.1, -0.05) is 60.7 Å². The first kappa shape index (κ1) is 19.8. The summed E-state index contributed by atoms with van der Waals surface area (Å²) in [5.41, 5.74) is 3.50. The van der Waals surface area contributed by atoms with Crippen LogP contribution in [0.25, 0.3) is 0 Å². The molecule has 0 spiro atoms. The van der Waals surface area contributed by atoms with Gasteiger partial charge in [0.2, 0.25) is 5.91 Å². The molecule has 1 atom stereocenters. The number of rotatable bonds is 7. The first-order valence-electron chi connectivity index (χ1n) is 10.1. The molecule has 5 heteroatoms. The summed E-state index contributed by atoms with van der Waals surface area (Å²) >= 11 is 0. The summed E-state index contributed by atoms with van der Waals surface area (Å²) in [5, 5.41) is 2.95. The molecule has 1 N–H and O–H groups in total. The maximum absolute atomic E-state index is 13.4. The van der Waals surface area contributed by atoms with Crippen molar-refractivity contribution in [2.75, 3.05) is 6.54 Å². The monoisotopic (exact) mass is 402 g/mol. The van der Waals surface area contributed by atoms with Crippen LogP contribution in [0.2, 0.25) is 0 Å². The lowest BCUT2D eigenvalue weighted by Gasteiger charge is -2.28. The molecule has 0 aliphatic carbocycles. The fourth-order valence-electron chi connectivity index (χ4n) is 3.86. The highest BCUT2D eigenvalue weighted by Gasteiger charge is 2.34. The molecule has 2 amide bonds. The standard InChI is InChI=1S/C25H23FN2O2/c26-21-12-10-19(11-13-21)23(28-17-20-8-4-5-9-22(20)25(28)30)16-24(29)27-15-14-18-6-2-1-3-7-18/h1-13,23H,14-17H2,(H,27,29)/t23-/m0/s1. The molecule has 152 valence electrons. The van der Waals surface area contributed by atoms with Gasteiger partial charge in [0.1, 0.15) is 5.82 Å². The molecule has 30 heavy (non-hydrogen) atoms. The number of benzene rings is 3. The maximum atomic E-state index is 13.4. The molecular weight excluding hydrogens is 379 g/mol. The van der Waals surface area contributed by atoms with Crippen LogP contribution in [0, 0.1) is 5.82 Å². The zero-order valence-electron chi connectivity index (χ0n) is 16.6. The summed E-state index contributed by atoms with van der Waals surface area (Å²) in [5.74, 6) is -0.582. The van der Waals surface area contributed by atoms with Crippen molar-refractivity contribution in [3.05, 3.63) is 107 Å². The second-order valence-electron chi connectivity index (χ2n) is 7.45. The van der Waals surface area contributed by atoms with Gasteiger partial charge in [0.15, 0.2) is 0 Å². The zero-order chi connectivity index (χ0) is 20.9. The molecule has 3 aromatic carbocycles. The van der Waals surface area contributed by atoms with Gasteiger partial charge in [-0.2, -0.15) is 0 Å². The van der Waals surface area contributed by atoms with Gasteiger partial charge < -0.3 is 10.2 Å². The molecule has 0 radical (unpaired) electrons. The summed E-state index contributed by atoms with van der Waals surface area (Å²) in [6, 6.07) is 23.0. The Morgan fingerprint density at radius 3 is 2.40 bits per heavy atom. The highest BCUT2D eigenvalue weighted by Crippen LogP contribution is 2.33. The molecule has 0 saturated heterocycles. The lowest BCUT2D eigenvalue weighted by Crippen LogP contribution is -2.35. The SMILES string of the molecule is O=C(C[C@@H](c1ccc(F)cc1)N1Cc2ccccc2C1=O)NCCc1ccccc1. The number of hydrogen-bond acceptors (Lipinski definition) is 2. The summed E-state index contributed by atoms with van der Waals surface area (Å²) in [6.07, 6.45) is 0.863. The number of halogens is 1. The van der Waals surface area contributed by atoms with Gasteiger partial charge in [-0.15, -0.1) is 0 Å². The minimum atomic E-state index is -0.456. The first-order valence-corrected chi connectivity index (χ1v) is 10.1. The van der Waals surface area contributed by atoms with Crippen molar-refractivity contribution in [1.29, 1.82) is 0 Å². The third-order valence-electron chi connectivity index (χ3n) is 5.44. The molecule has 0 saturated carbocycles. The summed E-state index contributed by atoms with van der Waals surface area (Å²) in [7, 11) is 0. The van der Waals surface area contributed by atoms with E-state index >= 15 is 0 Å². The minimum Gasteiger partial charge on any atom is -0.356 e. The van der Waals surface area contributed by atoms with Crippen molar-refractivity contribution < 1.29 is 14.0 Å². The Labute approximate surface area is 175 Å². The van der Waals surface area contributed by atoms with Crippen molar-refractivity contribution >= 4 is 11.8 Å². The largest absolute Gasteiger partial charge is 0.356 e. The van der Waals surface area contributed by atoms with Gasteiger partial charge in [0.05, 0.1) is 12.5 Å². The molecule has 0 bridgehead atoms. The predicted octanol–water partition coefficient (Wildman–Crippen LogP) is 4.27. The number of fused-ring (bicyclic) bond motifs is 1. The van der Waals surface area contributed by atoms with Crippen molar-refractivity contribution in [3.63, 3.8) is 0 Å². The molecule has 1 aliphatic heterocycles. The quantitative estimate of drug-likeness (QED) is 0.642. The Balaban J connectivity index is 1.48. The molecule has 0 aromatic heterocycles. The van der Waals surface area contributed by atoms with Crippen LogP contribution < -0.4 is 5.32 Å². The second-order valence-corrected chi connectivity index (χ2v) is 7.45. The van der Waals surface area contributed by atoms with Gasteiger partial charge in [0.25, 0.3) is 5.91 Å². The van der Waals surface area contributed by atoms with Crippen LogP contribution >= 0.6 is 0 Å². The van der Waals surface area contributed by atoms with Crippen LogP contribution in [-0.4, -0.2) is 23.3 Å². The summed E-state index contributed by atoms with van der Waals surface area (Å²) in [4.78, 5) is 27.4. The van der Waals surface area contributed by atoms with Crippen LogP contribution in [0.1, 0.15) is 39.5 Å². The molecule has 0 unspecified atom stereocenters. The zero-order valence-corrected chi connectivity index (χ0v) is 16.6. The molecule has 4 rings (SSSR count). The van der Waals surface area contributed by atoms with Crippen LogP contribution in [0.4, 0.5) is 4.39 Å². The Morgan fingerprint density at radius 1 is 0.967 bits per heavy atom. The molecule has 4 nitrogen and oxygen atoms in total. The van der Waals surface area contributed by atoms with E-state index < -0.39 is 6.04 Å². The molecular formula is C25H23FN2O2. The number of nitrogens with zero attached hydrogens (tertiary/aromatic N) is 1. The third kappa shape index (κ3) is 4.40. The summed E-state index contributed by atoms with van der Waals surface area (Å²) < 4.78 is 13.4. The fraction of sp³-hybridized carbons (Fsp3) is 0.200. The van der Waals surface area contributed by atoms with E-state index in [2.05, 4.69) is 5.32 Å². The Hall–Kier alpha value is -3.47. The van der Waals surface area contributed by atoms with E-state index in [-0.39, 0.29) is 24.1 Å². The van der Waals surface area contributed by atoms with E-state index in [0.717, 1.165) is 23.1 Å². The average molecular weight is 402 g/mol. The topological polar surface area (TPSA) is 49.4 Å². The van der Waals surface area contributed by atoms with Crippen molar-refractivity contribution in [3.8, 4) is 0 Å². The Kier molecular flexibility index (Phi) is 5.89. The highest BCUT2D eigenvalue weighted by molar-refractivity contribution is 5.98. The van der Waals surface area contributed by atoms with Gasteiger partial charge >= 0.3 is 0 Å². The van der Waals surface area contributed by atoms with Crippen LogP contribution in [0.3, 0.4) is 0 Å². The van der Waals surface area contributed by atoms with Crippen molar-refractivity contribution in [1.82, 2.24) is 10.2 Å². The van der Waals surface area contributed by atoms with Crippen LogP contribution in [0.15, 0.2) is 78.9 Å². The van der Waals surface area contributed by atoms with Gasteiger partial charge in [0, 0.05) is 18.7 Å². The number of amides is 2. The van der Waals surface area contributed by atoms with Crippen molar-refractivity contribution in [2.45, 2.75) is 25.4 Å². The minimum absolute atomic E-state index is 0.1000. The highest BCUT2D eigenvalue weighted by atomic mass is 19.1.